The van der Waals surface area contributed by atoms with Gasteiger partial charge in [-0.3, -0.25) is 9.78 Å². The number of nitrogens with zero attached hydrogens (tertiary/aromatic N) is 3. The normalized spacial score (nSPS) is 17.2. The van der Waals surface area contributed by atoms with Gasteiger partial charge >= 0.3 is 0 Å². The summed E-state index contributed by atoms with van der Waals surface area (Å²) in [5, 5.41) is 0. The number of hydrogen-bond donors (Lipinski definition) is 0. The average Bonchev–Trinajstić information content (AvgIpc) is 2.52. The van der Waals surface area contributed by atoms with Crippen molar-refractivity contribution in [1.29, 1.82) is 0 Å². The first-order valence-corrected chi connectivity index (χ1v) is 8.72. The van der Waals surface area contributed by atoms with Crippen LogP contribution in [0.25, 0.3) is 0 Å². The molecule has 0 unspecified atom stereocenters. The first kappa shape index (κ1) is 17.9. The highest BCUT2D eigenvalue weighted by Crippen LogP contribution is 2.22. The van der Waals surface area contributed by atoms with Crippen molar-refractivity contribution in [2.75, 3.05) is 26.7 Å². The Morgan fingerprint density at radius 1 is 1.26 bits per heavy atom. The Labute approximate surface area is 140 Å². The zero-order chi connectivity index (χ0) is 16.9. The molecule has 1 aromatic heterocycles. The number of amides is 1. The summed E-state index contributed by atoms with van der Waals surface area (Å²) >= 11 is 0. The van der Waals surface area contributed by atoms with Crippen LogP contribution >= 0.6 is 0 Å². The van der Waals surface area contributed by atoms with E-state index >= 15 is 0 Å². The SMILES string of the molecule is CN(C(=O)CC(C)(C)C)C1CCN(CCc2ccncc2)CC1. The zero-order valence-corrected chi connectivity index (χ0v) is 15.1. The van der Waals surface area contributed by atoms with Crippen LogP contribution in [-0.4, -0.2) is 53.4 Å². The van der Waals surface area contributed by atoms with Crippen LogP contribution in [0.4, 0.5) is 0 Å². The molecule has 23 heavy (non-hydrogen) atoms. The highest BCUT2D eigenvalue weighted by atomic mass is 16.2. The molecule has 2 rings (SSSR count). The molecule has 1 fully saturated rings. The van der Waals surface area contributed by atoms with Gasteiger partial charge in [0.15, 0.2) is 0 Å². The second kappa shape index (κ2) is 7.91. The van der Waals surface area contributed by atoms with Gasteiger partial charge in [0.25, 0.3) is 0 Å². The summed E-state index contributed by atoms with van der Waals surface area (Å²) in [6.07, 6.45) is 7.60. The molecular weight excluding hydrogens is 286 g/mol. The lowest BCUT2D eigenvalue weighted by Crippen LogP contribution is -2.46. The summed E-state index contributed by atoms with van der Waals surface area (Å²) in [7, 11) is 1.98. The van der Waals surface area contributed by atoms with E-state index in [-0.39, 0.29) is 11.3 Å². The topological polar surface area (TPSA) is 36.4 Å². The van der Waals surface area contributed by atoms with E-state index in [1.807, 2.05) is 24.3 Å². The van der Waals surface area contributed by atoms with Gasteiger partial charge in [0.1, 0.15) is 0 Å². The molecule has 4 nitrogen and oxygen atoms in total. The Bertz CT molecular complexity index is 487. The third-order valence-corrected chi connectivity index (χ3v) is 4.65. The van der Waals surface area contributed by atoms with Crippen molar-refractivity contribution in [2.24, 2.45) is 5.41 Å². The minimum Gasteiger partial charge on any atom is -0.343 e. The summed E-state index contributed by atoms with van der Waals surface area (Å²) in [6.45, 7) is 9.64. The average molecular weight is 317 g/mol. The maximum Gasteiger partial charge on any atom is 0.223 e. The number of rotatable bonds is 5. The Morgan fingerprint density at radius 3 is 2.43 bits per heavy atom. The van der Waals surface area contributed by atoms with E-state index in [0.29, 0.717) is 12.5 Å². The van der Waals surface area contributed by atoms with Crippen molar-refractivity contribution >= 4 is 5.91 Å². The van der Waals surface area contributed by atoms with Crippen LogP contribution in [0.2, 0.25) is 0 Å². The molecule has 1 saturated heterocycles. The second-order valence-corrected chi connectivity index (χ2v) is 7.92. The van der Waals surface area contributed by atoms with Crippen molar-refractivity contribution in [3.05, 3.63) is 30.1 Å². The number of likely N-dealkylation sites (tertiary alicyclic amines) is 1. The van der Waals surface area contributed by atoms with Crippen molar-refractivity contribution in [3.8, 4) is 0 Å². The molecule has 2 heterocycles. The fourth-order valence-electron chi connectivity index (χ4n) is 3.15. The van der Waals surface area contributed by atoms with Crippen LogP contribution < -0.4 is 0 Å². The van der Waals surface area contributed by atoms with E-state index in [1.54, 1.807) is 0 Å². The quantitative estimate of drug-likeness (QED) is 0.838. The van der Waals surface area contributed by atoms with Crippen LogP contribution in [0.1, 0.15) is 45.6 Å². The molecule has 0 radical (unpaired) electrons. The lowest BCUT2D eigenvalue weighted by atomic mass is 9.91. The fraction of sp³-hybridized carbons (Fsp3) is 0.684. The number of aromatic nitrogens is 1. The minimum atomic E-state index is 0.0661. The second-order valence-electron chi connectivity index (χ2n) is 7.92. The van der Waals surface area contributed by atoms with Gasteiger partial charge in [-0.15, -0.1) is 0 Å². The van der Waals surface area contributed by atoms with Gasteiger partial charge in [-0.25, -0.2) is 0 Å². The van der Waals surface area contributed by atoms with E-state index < -0.39 is 0 Å². The first-order valence-electron chi connectivity index (χ1n) is 8.72. The summed E-state index contributed by atoms with van der Waals surface area (Å²) in [4.78, 5) is 20.9. The van der Waals surface area contributed by atoms with E-state index in [1.165, 1.54) is 5.56 Å². The third-order valence-electron chi connectivity index (χ3n) is 4.65. The van der Waals surface area contributed by atoms with Crippen LogP contribution in [-0.2, 0) is 11.2 Å². The molecule has 0 spiro atoms. The van der Waals surface area contributed by atoms with Crippen molar-refractivity contribution < 1.29 is 4.79 Å². The van der Waals surface area contributed by atoms with E-state index in [0.717, 1.165) is 38.9 Å². The number of hydrogen-bond acceptors (Lipinski definition) is 3. The zero-order valence-electron chi connectivity index (χ0n) is 15.1. The van der Waals surface area contributed by atoms with Crippen LogP contribution in [0.5, 0.6) is 0 Å². The molecule has 1 aliphatic rings. The Kier molecular flexibility index (Phi) is 6.17. The first-order chi connectivity index (χ1) is 10.8. The molecule has 1 aromatic rings. The fourth-order valence-corrected chi connectivity index (χ4v) is 3.15. The van der Waals surface area contributed by atoms with Crippen LogP contribution in [0, 0.1) is 5.41 Å². The maximum atomic E-state index is 12.4. The molecule has 128 valence electrons. The van der Waals surface area contributed by atoms with Crippen molar-refractivity contribution in [3.63, 3.8) is 0 Å². The molecule has 0 aliphatic carbocycles. The van der Waals surface area contributed by atoms with Crippen LogP contribution in [0.15, 0.2) is 24.5 Å². The molecule has 1 aliphatic heterocycles. The lowest BCUT2D eigenvalue weighted by molar-refractivity contribution is -0.134. The minimum absolute atomic E-state index is 0.0661. The van der Waals surface area contributed by atoms with Gasteiger partial charge in [-0.05, 0) is 42.4 Å². The predicted octanol–water partition coefficient (Wildman–Crippen LogP) is 2.98. The molecule has 0 saturated carbocycles. The molecular formula is C19H31N3O. The highest BCUT2D eigenvalue weighted by Gasteiger charge is 2.27. The number of carbonyl (C=O) groups is 1. The summed E-state index contributed by atoms with van der Waals surface area (Å²) in [5.74, 6) is 0.285. The van der Waals surface area contributed by atoms with Gasteiger partial charge < -0.3 is 9.80 Å². The lowest BCUT2D eigenvalue weighted by Gasteiger charge is -2.37. The Balaban J connectivity index is 1.74. The van der Waals surface area contributed by atoms with E-state index in [9.17, 15) is 4.79 Å². The number of pyridine rings is 1. The number of carbonyl (C=O) groups excluding carboxylic acids is 1. The molecule has 0 bridgehead atoms. The van der Waals surface area contributed by atoms with Gasteiger partial charge in [-0.2, -0.15) is 0 Å². The van der Waals surface area contributed by atoms with E-state index in [4.69, 9.17) is 0 Å². The molecule has 0 atom stereocenters. The third kappa shape index (κ3) is 5.94. The summed E-state index contributed by atoms with van der Waals surface area (Å²) in [5.41, 5.74) is 1.41. The van der Waals surface area contributed by atoms with Gasteiger partial charge in [0, 0.05) is 51.5 Å². The monoisotopic (exact) mass is 317 g/mol. The Hall–Kier alpha value is -1.42. The maximum absolute atomic E-state index is 12.4. The standard InChI is InChI=1S/C19H31N3O/c1-19(2,3)15-18(23)21(4)17-8-13-22(14-9-17)12-7-16-5-10-20-11-6-16/h5-6,10-11,17H,7-9,12-15H2,1-4H3. The van der Waals surface area contributed by atoms with E-state index in [2.05, 4.69) is 42.8 Å². The number of piperidine rings is 1. The predicted molar refractivity (Wildman–Crippen MR) is 94.2 cm³/mol. The molecule has 0 aromatic carbocycles. The molecule has 1 amide bonds. The van der Waals surface area contributed by atoms with Crippen molar-refractivity contribution in [2.45, 2.75) is 52.5 Å². The largest absolute Gasteiger partial charge is 0.343 e. The molecule has 0 N–H and O–H groups in total. The van der Waals surface area contributed by atoms with Crippen LogP contribution in [0.3, 0.4) is 0 Å². The Morgan fingerprint density at radius 2 is 1.87 bits per heavy atom. The summed E-state index contributed by atoms with van der Waals surface area (Å²) < 4.78 is 0. The van der Waals surface area contributed by atoms with Gasteiger partial charge in [0.2, 0.25) is 5.91 Å². The van der Waals surface area contributed by atoms with Gasteiger partial charge in [0.05, 0.1) is 0 Å². The van der Waals surface area contributed by atoms with Crippen molar-refractivity contribution in [1.82, 2.24) is 14.8 Å². The smallest absolute Gasteiger partial charge is 0.223 e. The summed E-state index contributed by atoms with van der Waals surface area (Å²) in [6, 6.07) is 4.58. The highest BCUT2D eigenvalue weighted by molar-refractivity contribution is 5.76. The molecule has 4 heteroatoms. The van der Waals surface area contributed by atoms with Gasteiger partial charge in [-0.1, -0.05) is 20.8 Å².